The largest absolute Gasteiger partial charge is 0.326 e. The van der Waals surface area contributed by atoms with E-state index >= 15 is 0 Å². The minimum Gasteiger partial charge on any atom is -0.326 e. The molecular weight excluding hydrogens is 252 g/mol. The molecule has 1 saturated heterocycles. The summed E-state index contributed by atoms with van der Waals surface area (Å²) in [5.74, 6) is 1.22. The Kier molecular flexibility index (Phi) is 5.31. The Balaban J connectivity index is 2.25. The van der Waals surface area contributed by atoms with Crippen molar-refractivity contribution in [1.29, 1.82) is 0 Å². The SMILES string of the molecule is CCC(N)C(c1cccc(C)c1)N1CCSC(C)C1. The zero-order chi connectivity index (χ0) is 13.8. The summed E-state index contributed by atoms with van der Waals surface area (Å²) in [5, 5.41) is 0.713. The molecule has 0 aromatic heterocycles. The summed E-state index contributed by atoms with van der Waals surface area (Å²) in [5.41, 5.74) is 9.13. The molecule has 1 fully saturated rings. The van der Waals surface area contributed by atoms with Crippen LogP contribution in [0.5, 0.6) is 0 Å². The minimum absolute atomic E-state index is 0.220. The van der Waals surface area contributed by atoms with Crippen LogP contribution < -0.4 is 5.73 Å². The van der Waals surface area contributed by atoms with Crippen molar-refractivity contribution in [3.8, 4) is 0 Å². The molecule has 0 radical (unpaired) electrons. The van der Waals surface area contributed by atoms with Gasteiger partial charge in [0.2, 0.25) is 0 Å². The average Bonchev–Trinajstić information content (AvgIpc) is 2.39. The predicted molar refractivity (Wildman–Crippen MR) is 85.7 cm³/mol. The fourth-order valence-corrected chi connectivity index (χ4v) is 3.94. The third-order valence-electron chi connectivity index (χ3n) is 3.93. The highest BCUT2D eigenvalue weighted by Gasteiger charge is 2.29. The maximum Gasteiger partial charge on any atom is 0.0499 e. The Bertz CT molecular complexity index is 407. The molecular formula is C16H26N2S. The molecule has 1 aliphatic heterocycles. The van der Waals surface area contributed by atoms with Gasteiger partial charge in [-0.2, -0.15) is 11.8 Å². The second-order valence-corrected chi connectivity index (χ2v) is 7.15. The second-order valence-electron chi connectivity index (χ2n) is 5.61. The van der Waals surface area contributed by atoms with Crippen LogP contribution in [0, 0.1) is 6.92 Å². The number of nitrogens with zero attached hydrogens (tertiary/aromatic N) is 1. The summed E-state index contributed by atoms with van der Waals surface area (Å²) in [6.07, 6.45) is 1.02. The van der Waals surface area contributed by atoms with Crippen LogP contribution in [0.4, 0.5) is 0 Å². The summed E-state index contributed by atoms with van der Waals surface area (Å²) in [7, 11) is 0. The first-order valence-corrected chi connectivity index (χ1v) is 8.34. The van der Waals surface area contributed by atoms with Crippen LogP contribution in [0.15, 0.2) is 24.3 Å². The van der Waals surface area contributed by atoms with Crippen molar-refractivity contribution in [3.05, 3.63) is 35.4 Å². The molecule has 2 rings (SSSR count). The lowest BCUT2D eigenvalue weighted by atomic mass is 9.95. The van der Waals surface area contributed by atoms with Crippen LogP contribution in [0.25, 0.3) is 0 Å². The molecule has 19 heavy (non-hydrogen) atoms. The second kappa shape index (κ2) is 6.78. The van der Waals surface area contributed by atoms with Gasteiger partial charge in [0.25, 0.3) is 0 Å². The maximum absolute atomic E-state index is 6.43. The molecule has 0 aliphatic carbocycles. The van der Waals surface area contributed by atoms with Crippen molar-refractivity contribution in [2.45, 2.75) is 44.5 Å². The van der Waals surface area contributed by atoms with Gasteiger partial charge in [-0.05, 0) is 18.9 Å². The number of aryl methyl sites for hydroxylation is 1. The molecule has 0 amide bonds. The van der Waals surface area contributed by atoms with E-state index in [0.29, 0.717) is 11.3 Å². The summed E-state index contributed by atoms with van der Waals surface area (Å²) in [4.78, 5) is 2.59. The molecule has 3 atom stereocenters. The van der Waals surface area contributed by atoms with Crippen LogP contribution in [-0.4, -0.2) is 35.0 Å². The molecule has 0 spiro atoms. The van der Waals surface area contributed by atoms with Crippen molar-refractivity contribution in [1.82, 2.24) is 4.90 Å². The number of nitrogens with two attached hydrogens (primary N) is 1. The lowest BCUT2D eigenvalue weighted by Gasteiger charge is -2.40. The smallest absolute Gasteiger partial charge is 0.0499 e. The maximum atomic E-state index is 6.43. The highest BCUT2D eigenvalue weighted by molar-refractivity contribution is 7.99. The highest BCUT2D eigenvalue weighted by atomic mass is 32.2. The standard InChI is InChI=1S/C16H26N2S/c1-4-15(17)16(14-7-5-6-12(2)10-14)18-8-9-19-13(3)11-18/h5-7,10,13,15-16H,4,8-9,11,17H2,1-3H3. The summed E-state index contributed by atoms with van der Waals surface area (Å²) >= 11 is 2.07. The van der Waals surface area contributed by atoms with E-state index in [1.165, 1.54) is 16.9 Å². The van der Waals surface area contributed by atoms with E-state index in [1.54, 1.807) is 0 Å². The molecule has 1 heterocycles. The van der Waals surface area contributed by atoms with Crippen molar-refractivity contribution in [3.63, 3.8) is 0 Å². The van der Waals surface area contributed by atoms with Gasteiger partial charge in [-0.25, -0.2) is 0 Å². The Morgan fingerprint density at radius 2 is 2.26 bits per heavy atom. The number of thioether (sulfide) groups is 1. The molecule has 106 valence electrons. The molecule has 3 heteroatoms. The van der Waals surface area contributed by atoms with E-state index in [2.05, 4.69) is 61.7 Å². The van der Waals surface area contributed by atoms with Gasteiger partial charge < -0.3 is 5.73 Å². The molecule has 2 N–H and O–H groups in total. The van der Waals surface area contributed by atoms with E-state index in [-0.39, 0.29) is 6.04 Å². The molecule has 0 bridgehead atoms. The zero-order valence-corrected chi connectivity index (χ0v) is 13.1. The van der Waals surface area contributed by atoms with Crippen molar-refractivity contribution in [2.24, 2.45) is 5.73 Å². The summed E-state index contributed by atoms with van der Waals surface area (Å²) < 4.78 is 0. The average molecular weight is 278 g/mol. The van der Waals surface area contributed by atoms with Gasteiger partial charge in [0.05, 0.1) is 0 Å². The first-order valence-electron chi connectivity index (χ1n) is 7.29. The molecule has 0 saturated carbocycles. The third-order valence-corrected chi connectivity index (χ3v) is 5.06. The first-order chi connectivity index (χ1) is 9.11. The number of hydrogen-bond acceptors (Lipinski definition) is 3. The predicted octanol–water partition coefficient (Wildman–Crippen LogP) is 3.21. The van der Waals surface area contributed by atoms with Crippen LogP contribution in [0.2, 0.25) is 0 Å². The molecule has 2 nitrogen and oxygen atoms in total. The first kappa shape index (κ1) is 14.9. The van der Waals surface area contributed by atoms with Gasteiger partial charge in [0.1, 0.15) is 0 Å². The highest BCUT2D eigenvalue weighted by Crippen LogP contribution is 2.30. The van der Waals surface area contributed by atoms with E-state index < -0.39 is 0 Å². The van der Waals surface area contributed by atoms with Gasteiger partial charge >= 0.3 is 0 Å². The number of rotatable bonds is 4. The normalized spacial score (nSPS) is 24.1. The van der Waals surface area contributed by atoms with E-state index in [1.807, 2.05) is 0 Å². The molecule has 1 aromatic rings. The van der Waals surface area contributed by atoms with Crippen LogP contribution in [-0.2, 0) is 0 Å². The van der Waals surface area contributed by atoms with Crippen LogP contribution >= 0.6 is 11.8 Å². The van der Waals surface area contributed by atoms with Crippen molar-refractivity contribution >= 4 is 11.8 Å². The lowest BCUT2D eigenvalue weighted by molar-refractivity contribution is 0.177. The summed E-state index contributed by atoms with van der Waals surface area (Å²) in [6, 6.07) is 9.44. The monoisotopic (exact) mass is 278 g/mol. The zero-order valence-electron chi connectivity index (χ0n) is 12.3. The fraction of sp³-hybridized carbons (Fsp3) is 0.625. The van der Waals surface area contributed by atoms with Gasteiger partial charge in [-0.1, -0.05) is 43.7 Å². The Morgan fingerprint density at radius 3 is 2.89 bits per heavy atom. The van der Waals surface area contributed by atoms with Gasteiger partial charge in [0.15, 0.2) is 0 Å². The number of benzene rings is 1. The molecule has 3 unspecified atom stereocenters. The van der Waals surface area contributed by atoms with Crippen LogP contribution in [0.3, 0.4) is 0 Å². The molecule has 1 aromatic carbocycles. The van der Waals surface area contributed by atoms with E-state index in [4.69, 9.17) is 5.73 Å². The van der Waals surface area contributed by atoms with Crippen LogP contribution in [0.1, 0.15) is 37.4 Å². The van der Waals surface area contributed by atoms with Gasteiger partial charge in [-0.3, -0.25) is 4.90 Å². The minimum atomic E-state index is 0.220. The van der Waals surface area contributed by atoms with Crippen molar-refractivity contribution < 1.29 is 0 Å². The quantitative estimate of drug-likeness (QED) is 0.917. The fourth-order valence-electron chi connectivity index (χ4n) is 2.90. The number of hydrogen-bond donors (Lipinski definition) is 1. The van der Waals surface area contributed by atoms with E-state index in [9.17, 15) is 0 Å². The van der Waals surface area contributed by atoms with Gasteiger partial charge in [0, 0.05) is 36.2 Å². The van der Waals surface area contributed by atoms with E-state index in [0.717, 1.165) is 19.5 Å². The van der Waals surface area contributed by atoms with Crippen molar-refractivity contribution in [2.75, 3.05) is 18.8 Å². The molecule has 1 aliphatic rings. The Labute approximate surface area is 121 Å². The Morgan fingerprint density at radius 1 is 1.47 bits per heavy atom. The lowest BCUT2D eigenvalue weighted by Crippen LogP contribution is -2.46. The van der Waals surface area contributed by atoms with Gasteiger partial charge in [-0.15, -0.1) is 0 Å². The third kappa shape index (κ3) is 3.74. The summed E-state index contributed by atoms with van der Waals surface area (Å²) in [6.45, 7) is 8.97. The Hall–Kier alpha value is -0.510. The topological polar surface area (TPSA) is 29.3 Å².